The van der Waals surface area contributed by atoms with Crippen LogP contribution in [0, 0.1) is 0 Å². The Labute approximate surface area is 101 Å². The van der Waals surface area contributed by atoms with Crippen molar-refractivity contribution in [3.8, 4) is 0 Å². The molecule has 4 nitrogen and oxygen atoms in total. The second-order valence-corrected chi connectivity index (χ2v) is 4.67. The van der Waals surface area contributed by atoms with Crippen LogP contribution in [0.1, 0.15) is 15.4 Å². The average molecular weight is 243 g/mol. The van der Waals surface area contributed by atoms with Crippen LogP contribution in [0.4, 0.5) is 0 Å². The van der Waals surface area contributed by atoms with E-state index in [0.29, 0.717) is 17.6 Å². The molecule has 0 saturated heterocycles. The first-order valence-electron chi connectivity index (χ1n) is 5.18. The first-order chi connectivity index (χ1) is 8.34. The topological polar surface area (TPSA) is 58.6 Å². The van der Waals surface area contributed by atoms with Gasteiger partial charge in [-0.15, -0.1) is 11.3 Å². The minimum atomic E-state index is 0.00477. The van der Waals surface area contributed by atoms with Crippen molar-refractivity contribution in [3.05, 3.63) is 46.7 Å². The number of hydrogen-bond donors (Lipinski definition) is 1. The molecule has 0 bridgehead atoms. The van der Waals surface area contributed by atoms with E-state index in [0.717, 1.165) is 10.4 Å². The van der Waals surface area contributed by atoms with Crippen LogP contribution < -0.4 is 0 Å². The Morgan fingerprint density at radius 3 is 3.12 bits per heavy atom. The lowest BCUT2D eigenvalue weighted by Gasteiger charge is -1.99. The van der Waals surface area contributed by atoms with Gasteiger partial charge in [-0.05, 0) is 17.5 Å². The van der Waals surface area contributed by atoms with E-state index in [1.807, 2.05) is 23.6 Å². The van der Waals surface area contributed by atoms with Crippen molar-refractivity contribution in [2.45, 2.75) is 6.42 Å². The molecule has 0 aliphatic heterocycles. The maximum Gasteiger partial charge on any atom is 0.188 e. The molecule has 3 rings (SSSR count). The second kappa shape index (κ2) is 4.10. The summed E-state index contributed by atoms with van der Waals surface area (Å²) < 4.78 is 0. The number of fused-ring (bicyclic) bond motifs is 1. The maximum absolute atomic E-state index is 12.1. The zero-order valence-corrected chi connectivity index (χ0v) is 9.70. The quantitative estimate of drug-likeness (QED) is 0.719. The fraction of sp³-hybridized carbons (Fsp3) is 0.0833. The number of nitrogens with zero attached hydrogens (tertiary/aromatic N) is 2. The van der Waals surface area contributed by atoms with E-state index >= 15 is 0 Å². The van der Waals surface area contributed by atoms with Crippen molar-refractivity contribution in [2.75, 3.05) is 0 Å². The van der Waals surface area contributed by atoms with Gasteiger partial charge in [-0.2, -0.15) is 0 Å². The Kier molecular flexibility index (Phi) is 2.45. The van der Waals surface area contributed by atoms with Crippen LogP contribution in [0.5, 0.6) is 0 Å². The van der Waals surface area contributed by atoms with Gasteiger partial charge in [-0.1, -0.05) is 6.07 Å². The summed E-state index contributed by atoms with van der Waals surface area (Å²) in [5.74, 6) is 0.00477. The average Bonchev–Trinajstić information content (AvgIpc) is 2.97. The minimum absolute atomic E-state index is 0.00477. The van der Waals surface area contributed by atoms with E-state index in [2.05, 4.69) is 15.0 Å². The van der Waals surface area contributed by atoms with Gasteiger partial charge in [0, 0.05) is 17.5 Å². The molecule has 0 aromatic carbocycles. The lowest BCUT2D eigenvalue weighted by atomic mass is 10.1. The number of carbonyl (C=O) groups is 1. The standard InChI is InChI=1S/C12H9N3OS/c16-10(6-8-2-1-5-17-8)12-11-9(3-4-13-12)14-7-15-11/h1-5,7H,6H2,(H,14,15). The molecule has 0 amide bonds. The first kappa shape index (κ1) is 10.2. The third-order valence-electron chi connectivity index (χ3n) is 2.52. The largest absolute Gasteiger partial charge is 0.344 e. The summed E-state index contributed by atoms with van der Waals surface area (Å²) in [7, 11) is 0. The van der Waals surface area contributed by atoms with Crippen molar-refractivity contribution in [2.24, 2.45) is 0 Å². The van der Waals surface area contributed by atoms with Crippen molar-refractivity contribution >= 4 is 28.2 Å². The van der Waals surface area contributed by atoms with E-state index in [1.54, 1.807) is 23.9 Å². The summed E-state index contributed by atoms with van der Waals surface area (Å²) in [4.78, 5) is 24.4. The summed E-state index contributed by atoms with van der Waals surface area (Å²) in [6.45, 7) is 0. The number of pyridine rings is 1. The highest BCUT2D eigenvalue weighted by Gasteiger charge is 2.14. The predicted octanol–water partition coefficient (Wildman–Crippen LogP) is 2.44. The van der Waals surface area contributed by atoms with Crippen molar-refractivity contribution < 1.29 is 4.79 Å². The fourth-order valence-electron chi connectivity index (χ4n) is 1.73. The predicted molar refractivity (Wildman–Crippen MR) is 66.2 cm³/mol. The molecule has 0 atom stereocenters. The van der Waals surface area contributed by atoms with Crippen LogP contribution in [0.25, 0.3) is 11.0 Å². The van der Waals surface area contributed by atoms with Gasteiger partial charge in [-0.25, -0.2) is 4.98 Å². The molecule has 5 heteroatoms. The highest BCUT2D eigenvalue weighted by molar-refractivity contribution is 7.10. The Hall–Kier alpha value is -2.01. The summed E-state index contributed by atoms with van der Waals surface area (Å²) in [5.41, 5.74) is 1.93. The Morgan fingerprint density at radius 2 is 2.29 bits per heavy atom. The van der Waals surface area contributed by atoms with Gasteiger partial charge in [0.1, 0.15) is 11.2 Å². The van der Waals surface area contributed by atoms with E-state index in [-0.39, 0.29) is 5.78 Å². The monoisotopic (exact) mass is 243 g/mol. The number of rotatable bonds is 3. The van der Waals surface area contributed by atoms with E-state index < -0.39 is 0 Å². The molecule has 0 fully saturated rings. The van der Waals surface area contributed by atoms with Crippen molar-refractivity contribution in [1.29, 1.82) is 0 Å². The van der Waals surface area contributed by atoms with Crippen LogP contribution in [0.2, 0.25) is 0 Å². The molecular weight excluding hydrogens is 234 g/mol. The molecule has 0 radical (unpaired) electrons. The van der Waals surface area contributed by atoms with Crippen molar-refractivity contribution in [1.82, 2.24) is 15.0 Å². The van der Waals surface area contributed by atoms with Crippen LogP contribution in [0.15, 0.2) is 36.1 Å². The highest BCUT2D eigenvalue weighted by atomic mass is 32.1. The lowest BCUT2D eigenvalue weighted by Crippen LogP contribution is -2.05. The molecule has 0 unspecified atom stereocenters. The fourth-order valence-corrected chi connectivity index (χ4v) is 2.43. The smallest absolute Gasteiger partial charge is 0.188 e. The normalized spacial score (nSPS) is 10.8. The van der Waals surface area contributed by atoms with Crippen molar-refractivity contribution in [3.63, 3.8) is 0 Å². The zero-order chi connectivity index (χ0) is 11.7. The van der Waals surface area contributed by atoms with Gasteiger partial charge in [0.25, 0.3) is 0 Å². The lowest BCUT2D eigenvalue weighted by molar-refractivity contribution is 0.0990. The summed E-state index contributed by atoms with van der Waals surface area (Å²) in [5, 5.41) is 1.96. The van der Waals surface area contributed by atoms with Gasteiger partial charge < -0.3 is 4.98 Å². The van der Waals surface area contributed by atoms with E-state index in [4.69, 9.17) is 0 Å². The van der Waals surface area contributed by atoms with Gasteiger partial charge in [0.05, 0.1) is 11.8 Å². The number of thiophene rings is 1. The molecule has 3 aromatic heterocycles. The van der Waals surface area contributed by atoms with Crippen LogP contribution >= 0.6 is 11.3 Å². The summed E-state index contributed by atoms with van der Waals surface area (Å²) >= 11 is 1.58. The Morgan fingerprint density at radius 1 is 1.35 bits per heavy atom. The molecule has 0 saturated carbocycles. The molecule has 0 spiro atoms. The molecule has 17 heavy (non-hydrogen) atoms. The number of Topliss-reactive ketones (excluding diaryl/α,β-unsaturated/α-hetero) is 1. The minimum Gasteiger partial charge on any atom is -0.344 e. The Balaban J connectivity index is 1.98. The van der Waals surface area contributed by atoms with E-state index in [9.17, 15) is 4.79 Å². The number of hydrogen-bond acceptors (Lipinski definition) is 4. The molecule has 0 aliphatic carbocycles. The van der Waals surface area contributed by atoms with Gasteiger partial charge in [0.2, 0.25) is 0 Å². The number of H-pyrrole nitrogens is 1. The van der Waals surface area contributed by atoms with Crippen LogP contribution in [0.3, 0.4) is 0 Å². The third-order valence-corrected chi connectivity index (χ3v) is 3.39. The summed E-state index contributed by atoms with van der Waals surface area (Å²) in [6.07, 6.45) is 3.59. The molecule has 0 aliphatic rings. The number of aromatic nitrogens is 3. The second-order valence-electron chi connectivity index (χ2n) is 3.64. The number of ketones is 1. The number of imidazole rings is 1. The SMILES string of the molecule is O=C(Cc1cccs1)c1nccc2[nH]cnc12. The maximum atomic E-state index is 12.1. The number of aromatic amines is 1. The number of carbonyl (C=O) groups excluding carboxylic acids is 1. The first-order valence-corrected chi connectivity index (χ1v) is 6.06. The van der Waals surface area contributed by atoms with Crippen LogP contribution in [-0.2, 0) is 6.42 Å². The number of nitrogens with one attached hydrogen (secondary N) is 1. The van der Waals surface area contributed by atoms with Gasteiger partial charge in [-0.3, -0.25) is 9.78 Å². The van der Waals surface area contributed by atoms with Gasteiger partial charge >= 0.3 is 0 Å². The molecule has 3 heterocycles. The molecule has 3 aromatic rings. The zero-order valence-electron chi connectivity index (χ0n) is 8.88. The Bertz CT molecular complexity index is 657. The van der Waals surface area contributed by atoms with Crippen LogP contribution in [-0.4, -0.2) is 20.7 Å². The molecule has 84 valence electrons. The molecular formula is C12H9N3OS. The van der Waals surface area contributed by atoms with Gasteiger partial charge in [0.15, 0.2) is 5.78 Å². The summed E-state index contributed by atoms with van der Waals surface area (Å²) in [6, 6.07) is 5.70. The van der Waals surface area contributed by atoms with E-state index in [1.165, 1.54) is 0 Å². The molecule has 1 N–H and O–H groups in total. The highest BCUT2D eigenvalue weighted by Crippen LogP contribution is 2.16. The third kappa shape index (κ3) is 1.85.